The molecule has 0 saturated carbocycles. The zero-order valence-corrected chi connectivity index (χ0v) is 17.6. The Morgan fingerprint density at radius 2 is 2.07 bits per heavy atom. The molecule has 7 heteroatoms. The zero-order chi connectivity index (χ0) is 20.5. The number of carbonyl (C=O) groups excluding carboxylic acids is 2. The van der Waals surface area contributed by atoms with Crippen LogP contribution in [0.5, 0.6) is 0 Å². The van der Waals surface area contributed by atoms with Crippen LogP contribution in [0.2, 0.25) is 0 Å². The number of hydrogen-bond donors (Lipinski definition) is 1. The Morgan fingerprint density at radius 1 is 1.28 bits per heavy atom. The van der Waals surface area contributed by atoms with Crippen LogP contribution < -0.4 is 5.32 Å². The van der Waals surface area contributed by atoms with Gasteiger partial charge in [-0.3, -0.25) is 9.78 Å². The normalized spacial score (nSPS) is 13.9. The first-order valence-corrected chi connectivity index (χ1v) is 10.5. The van der Waals surface area contributed by atoms with E-state index in [-0.39, 0.29) is 11.9 Å². The number of thiophene rings is 1. The van der Waals surface area contributed by atoms with Crippen molar-refractivity contribution in [3.05, 3.63) is 57.6 Å². The van der Waals surface area contributed by atoms with Crippen molar-refractivity contribution in [1.29, 1.82) is 0 Å². The summed E-state index contributed by atoms with van der Waals surface area (Å²) in [6.07, 6.45) is 0.769. The van der Waals surface area contributed by atoms with Gasteiger partial charge >= 0.3 is 5.97 Å². The highest BCUT2D eigenvalue weighted by Crippen LogP contribution is 2.37. The van der Waals surface area contributed by atoms with E-state index in [4.69, 9.17) is 4.74 Å². The third-order valence-electron chi connectivity index (χ3n) is 5.05. The quantitative estimate of drug-likeness (QED) is 0.659. The van der Waals surface area contributed by atoms with Gasteiger partial charge in [-0.1, -0.05) is 12.1 Å². The minimum atomic E-state index is -0.374. The average Bonchev–Trinajstić information content (AvgIpc) is 3.04. The molecule has 0 spiro atoms. The lowest BCUT2D eigenvalue weighted by atomic mass is 10.0. The summed E-state index contributed by atoms with van der Waals surface area (Å²) in [5.41, 5.74) is 3.68. The number of carbonyl (C=O) groups is 2. The molecule has 0 radical (unpaired) electrons. The molecule has 3 aromatic rings. The van der Waals surface area contributed by atoms with Crippen LogP contribution in [-0.2, 0) is 17.7 Å². The monoisotopic (exact) mass is 409 g/mol. The molecular weight excluding hydrogens is 386 g/mol. The summed E-state index contributed by atoms with van der Waals surface area (Å²) in [7, 11) is 2.05. The SMILES string of the molecule is CCOC(=O)c1c(NC(=O)c2ccc3ccc(C)nc3c2)sc2c1CCN(C)C2. The van der Waals surface area contributed by atoms with Crippen molar-refractivity contribution >= 4 is 39.1 Å². The Kier molecular flexibility index (Phi) is 5.34. The highest BCUT2D eigenvalue weighted by molar-refractivity contribution is 7.17. The van der Waals surface area contributed by atoms with Gasteiger partial charge in [0.2, 0.25) is 0 Å². The molecule has 0 aliphatic carbocycles. The minimum absolute atomic E-state index is 0.257. The van der Waals surface area contributed by atoms with Gasteiger partial charge in [-0.25, -0.2) is 4.79 Å². The van der Waals surface area contributed by atoms with Crippen molar-refractivity contribution in [2.24, 2.45) is 0 Å². The number of likely N-dealkylation sites (N-methyl/N-ethyl adjacent to an activating group) is 1. The molecule has 1 aliphatic rings. The van der Waals surface area contributed by atoms with Gasteiger partial charge in [0.15, 0.2) is 0 Å². The highest BCUT2D eigenvalue weighted by Gasteiger charge is 2.28. The van der Waals surface area contributed by atoms with Gasteiger partial charge in [0.25, 0.3) is 5.91 Å². The van der Waals surface area contributed by atoms with Crippen LogP contribution in [0.4, 0.5) is 5.00 Å². The summed E-state index contributed by atoms with van der Waals surface area (Å²) in [5, 5.41) is 4.49. The molecular formula is C22H23N3O3S. The highest BCUT2D eigenvalue weighted by atomic mass is 32.1. The van der Waals surface area contributed by atoms with Gasteiger partial charge in [-0.2, -0.15) is 0 Å². The largest absolute Gasteiger partial charge is 0.462 e. The van der Waals surface area contributed by atoms with Gasteiger partial charge in [0.1, 0.15) is 5.00 Å². The number of amides is 1. The number of anilines is 1. The van der Waals surface area contributed by atoms with E-state index >= 15 is 0 Å². The fraction of sp³-hybridized carbons (Fsp3) is 0.318. The summed E-state index contributed by atoms with van der Waals surface area (Å²) in [5.74, 6) is -0.631. The zero-order valence-electron chi connectivity index (χ0n) is 16.7. The lowest BCUT2D eigenvalue weighted by molar-refractivity contribution is 0.0526. The van der Waals surface area contributed by atoms with Gasteiger partial charge in [-0.15, -0.1) is 11.3 Å². The van der Waals surface area contributed by atoms with E-state index in [1.165, 1.54) is 11.3 Å². The average molecular weight is 410 g/mol. The number of aryl methyl sites for hydroxylation is 1. The number of aromatic nitrogens is 1. The maximum Gasteiger partial charge on any atom is 0.341 e. The number of benzene rings is 1. The van der Waals surface area contributed by atoms with Crippen LogP contribution in [0.1, 0.15) is 43.8 Å². The van der Waals surface area contributed by atoms with Crippen LogP contribution in [0.25, 0.3) is 10.9 Å². The van der Waals surface area contributed by atoms with Crippen molar-refractivity contribution in [3.63, 3.8) is 0 Å². The fourth-order valence-electron chi connectivity index (χ4n) is 3.57. The number of rotatable bonds is 4. The molecule has 0 saturated heterocycles. The van der Waals surface area contributed by atoms with E-state index < -0.39 is 0 Å². The molecule has 2 aromatic heterocycles. The number of ether oxygens (including phenoxy) is 1. The second kappa shape index (κ2) is 7.93. The van der Waals surface area contributed by atoms with Gasteiger partial charge in [0.05, 0.1) is 17.7 Å². The number of pyridine rings is 1. The van der Waals surface area contributed by atoms with E-state index in [1.807, 2.05) is 25.1 Å². The van der Waals surface area contributed by atoms with E-state index in [1.54, 1.807) is 19.1 Å². The molecule has 1 aromatic carbocycles. The molecule has 1 amide bonds. The second-order valence-electron chi connectivity index (χ2n) is 7.23. The molecule has 150 valence electrons. The fourth-order valence-corrected chi connectivity index (χ4v) is 4.89. The maximum absolute atomic E-state index is 13.0. The Balaban J connectivity index is 1.68. The van der Waals surface area contributed by atoms with E-state index in [0.717, 1.165) is 46.5 Å². The second-order valence-corrected chi connectivity index (χ2v) is 8.34. The molecule has 3 heterocycles. The van der Waals surface area contributed by atoms with Crippen molar-refractivity contribution in [1.82, 2.24) is 9.88 Å². The number of nitrogens with zero attached hydrogens (tertiary/aromatic N) is 2. The van der Waals surface area contributed by atoms with E-state index in [2.05, 4.69) is 22.2 Å². The number of nitrogens with one attached hydrogen (secondary N) is 1. The minimum Gasteiger partial charge on any atom is -0.462 e. The number of hydrogen-bond acceptors (Lipinski definition) is 6. The summed E-state index contributed by atoms with van der Waals surface area (Å²) in [4.78, 5) is 33.4. The van der Waals surface area contributed by atoms with Crippen molar-refractivity contribution in [3.8, 4) is 0 Å². The summed E-state index contributed by atoms with van der Waals surface area (Å²) in [6.45, 7) is 5.64. The molecule has 1 N–H and O–H groups in total. The lowest BCUT2D eigenvalue weighted by Gasteiger charge is -2.22. The first-order valence-electron chi connectivity index (χ1n) is 9.65. The number of esters is 1. The van der Waals surface area contributed by atoms with Gasteiger partial charge < -0.3 is 15.0 Å². The molecule has 0 bridgehead atoms. The topological polar surface area (TPSA) is 71.5 Å². The third kappa shape index (κ3) is 3.88. The Morgan fingerprint density at radius 3 is 2.86 bits per heavy atom. The van der Waals surface area contributed by atoms with Crippen LogP contribution in [0.3, 0.4) is 0 Å². The van der Waals surface area contributed by atoms with Crippen LogP contribution in [0, 0.1) is 6.92 Å². The lowest BCUT2D eigenvalue weighted by Crippen LogP contribution is -2.26. The van der Waals surface area contributed by atoms with E-state index in [9.17, 15) is 9.59 Å². The number of fused-ring (bicyclic) bond motifs is 2. The van der Waals surface area contributed by atoms with Crippen molar-refractivity contribution < 1.29 is 14.3 Å². The molecule has 6 nitrogen and oxygen atoms in total. The predicted molar refractivity (Wildman–Crippen MR) is 115 cm³/mol. The van der Waals surface area contributed by atoms with Crippen molar-refractivity contribution in [2.75, 3.05) is 25.5 Å². The summed E-state index contributed by atoms with van der Waals surface area (Å²) >= 11 is 1.46. The van der Waals surface area contributed by atoms with Crippen LogP contribution in [-0.4, -0.2) is 42.0 Å². The van der Waals surface area contributed by atoms with Gasteiger partial charge in [-0.05, 0) is 51.1 Å². The van der Waals surface area contributed by atoms with E-state index in [0.29, 0.717) is 22.7 Å². The van der Waals surface area contributed by atoms with Crippen molar-refractivity contribution in [2.45, 2.75) is 26.8 Å². The molecule has 4 rings (SSSR count). The molecule has 29 heavy (non-hydrogen) atoms. The standard InChI is InChI=1S/C22H23N3O3S/c1-4-28-22(27)19-16-9-10-25(3)12-18(16)29-21(19)24-20(26)15-8-7-14-6-5-13(2)23-17(14)11-15/h5-8,11H,4,9-10,12H2,1-3H3,(H,24,26). The first kappa shape index (κ1) is 19.5. The van der Waals surface area contributed by atoms with Crippen LogP contribution in [0.15, 0.2) is 30.3 Å². The summed E-state index contributed by atoms with van der Waals surface area (Å²) in [6, 6.07) is 9.38. The Labute approximate surface area is 173 Å². The molecule has 0 unspecified atom stereocenters. The smallest absolute Gasteiger partial charge is 0.341 e. The Hall–Kier alpha value is -2.77. The van der Waals surface area contributed by atoms with Gasteiger partial charge in [0, 0.05) is 34.6 Å². The van der Waals surface area contributed by atoms with Crippen LogP contribution >= 0.6 is 11.3 Å². The maximum atomic E-state index is 13.0. The summed E-state index contributed by atoms with van der Waals surface area (Å²) < 4.78 is 5.27. The molecule has 1 aliphatic heterocycles. The Bertz CT molecular complexity index is 1110. The molecule has 0 atom stereocenters. The third-order valence-corrected chi connectivity index (χ3v) is 6.18. The predicted octanol–water partition coefficient (Wildman–Crippen LogP) is 4.02. The first-order chi connectivity index (χ1) is 14.0. The molecule has 0 fully saturated rings.